The zero-order valence-corrected chi connectivity index (χ0v) is 18.4. The van der Waals surface area contributed by atoms with Gasteiger partial charge in [-0.2, -0.15) is 0 Å². The number of likely N-dealkylation sites (tertiary alicyclic amines) is 1. The van der Waals surface area contributed by atoms with Gasteiger partial charge in [0.2, 0.25) is 11.8 Å². The van der Waals surface area contributed by atoms with E-state index in [0.717, 1.165) is 45.3 Å². The second-order valence-electron chi connectivity index (χ2n) is 9.00. The molecule has 3 aliphatic rings. The Balaban J connectivity index is 1.27. The fraction of sp³-hybridized carbons (Fsp3) is 0.667. The van der Waals surface area contributed by atoms with Crippen molar-refractivity contribution in [2.24, 2.45) is 11.8 Å². The summed E-state index contributed by atoms with van der Waals surface area (Å²) in [6.07, 6.45) is 9.73. The maximum atomic E-state index is 13.3. The van der Waals surface area contributed by atoms with Gasteiger partial charge in [-0.1, -0.05) is 5.21 Å². The van der Waals surface area contributed by atoms with Crippen molar-refractivity contribution in [2.75, 3.05) is 19.6 Å². The highest BCUT2D eigenvalue weighted by atomic mass is 32.1. The van der Waals surface area contributed by atoms with Crippen molar-refractivity contribution < 1.29 is 9.59 Å². The summed E-state index contributed by atoms with van der Waals surface area (Å²) in [4.78, 5) is 30.7. The molecule has 5 heterocycles. The van der Waals surface area contributed by atoms with Crippen molar-refractivity contribution in [1.82, 2.24) is 34.5 Å². The van der Waals surface area contributed by atoms with Crippen molar-refractivity contribution in [3.05, 3.63) is 29.5 Å². The number of amides is 2. The van der Waals surface area contributed by atoms with E-state index < -0.39 is 0 Å². The second kappa shape index (κ2) is 9.04. The van der Waals surface area contributed by atoms with E-state index in [1.54, 1.807) is 10.9 Å². The van der Waals surface area contributed by atoms with Gasteiger partial charge in [0.15, 0.2) is 0 Å². The minimum Gasteiger partial charge on any atom is -0.354 e. The predicted molar refractivity (Wildman–Crippen MR) is 115 cm³/mol. The lowest BCUT2D eigenvalue weighted by atomic mass is 9.71. The van der Waals surface area contributed by atoms with Crippen LogP contribution >= 0.6 is 11.5 Å². The molecule has 2 bridgehead atoms. The number of nitrogens with one attached hydrogen (secondary N) is 1. The Labute approximate surface area is 185 Å². The van der Waals surface area contributed by atoms with Gasteiger partial charge in [0.05, 0.1) is 6.20 Å². The molecule has 9 nitrogen and oxygen atoms in total. The fourth-order valence-electron chi connectivity index (χ4n) is 5.69. The van der Waals surface area contributed by atoms with E-state index >= 15 is 0 Å². The molecule has 0 spiro atoms. The Bertz CT molecular complexity index is 888. The average Bonchev–Trinajstić information content (AvgIpc) is 3.46. The topological polar surface area (TPSA) is 96.2 Å². The predicted octanol–water partition coefficient (Wildman–Crippen LogP) is 1.14. The third-order valence-corrected chi connectivity index (χ3v) is 7.55. The van der Waals surface area contributed by atoms with Crippen LogP contribution in [0, 0.1) is 11.8 Å². The third kappa shape index (κ3) is 4.36. The monoisotopic (exact) mass is 443 g/mol. The number of piperidine rings is 3. The minimum absolute atomic E-state index is 0.00124. The Morgan fingerprint density at radius 2 is 2.19 bits per heavy atom. The van der Waals surface area contributed by atoms with Crippen LogP contribution in [0.2, 0.25) is 0 Å². The highest BCUT2D eigenvalue weighted by Crippen LogP contribution is 2.42. The van der Waals surface area contributed by atoms with Gasteiger partial charge in [-0.3, -0.25) is 19.2 Å². The molecule has 3 aliphatic heterocycles. The standard InChI is InChI=1S/C21H29N7O2S/c29-19-4-1-3-18-16-9-17(13-26(12-16)11-15-10-24-31-14-15)20(28(18)19)21(30)22-5-2-7-27-8-6-23-25-27/h6,8,10,14,16-18,20H,1-5,7,9,11-13H2,(H,22,30)/t16-,17+,18+,20-/m1/s1. The molecule has 0 saturated carbocycles. The van der Waals surface area contributed by atoms with Gasteiger partial charge in [-0.15, -0.1) is 5.10 Å². The summed E-state index contributed by atoms with van der Waals surface area (Å²) in [7, 11) is 0. The highest BCUT2D eigenvalue weighted by molar-refractivity contribution is 7.03. The van der Waals surface area contributed by atoms with E-state index in [4.69, 9.17) is 0 Å². The maximum Gasteiger partial charge on any atom is 0.243 e. The summed E-state index contributed by atoms with van der Waals surface area (Å²) < 4.78 is 5.99. The maximum absolute atomic E-state index is 13.3. The summed E-state index contributed by atoms with van der Waals surface area (Å²) in [5.74, 6) is 0.787. The molecule has 31 heavy (non-hydrogen) atoms. The van der Waals surface area contributed by atoms with Crippen LogP contribution in [-0.4, -0.2) is 72.7 Å². The van der Waals surface area contributed by atoms with Crippen molar-refractivity contribution in [2.45, 2.75) is 57.3 Å². The lowest BCUT2D eigenvalue weighted by Crippen LogP contribution is -2.68. The number of hydrogen-bond donors (Lipinski definition) is 1. The normalized spacial score (nSPS) is 28.4. The van der Waals surface area contributed by atoms with Gasteiger partial charge >= 0.3 is 0 Å². The van der Waals surface area contributed by atoms with E-state index in [1.165, 1.54) is 17.1 Å². The largest absolute Gasteiger partial charge is 0.354 e. The summed E-state index contributed by atoms with van der Waals surface area (Å²) in [6.45, 7) is 4.00. The quantitative estimate of drug-likeness (QED) is 0.645. The van der Waals surface area contributed by atoms with Gasteiger partial charge in [0.25, 0.3) is 0 Å². The van der Waals surface area contributed by atoms with Crippen LogP contribution in [0.3, 0.4) is 0 Å². The number of aryl methyl sites for hydroxylation is 1. The Hall–Kier alpha value is -2.33. The van der Waals surface area contributed by atoms with Crippen LogP contribution in [0.5, 0.6) is 0 Å². The first-order valence-electron chi connectivity index (χ1n) is 11.2. The first kappa shape index (κ1) is 20.6. The molecule has 5 rings (SSSR count). The molecule has 3 fully saturated rings. The molecule has 0 unspecified atom stereocenters. The number of carbonyl (C=O) groups excluding carboxylic acids is 2. The number of fused-ring (bicyclic) bond motifs is 4. The van der Waals surface area contributed by atoms with Gasteiger partial charge in [0.1, 0.15) is 6.04 Å². The molecule has 10 heteroatoms. The summed E-state index contributed by atoms with van der Waals surface area (Å²) in [6, 6.07) is -0.171. The van der Waals surface area contributed by atoms with Gasteiger partial charge in [-0.25, -0.2) is 4.37 Å². The third-order valence-electron chi connectivity index (χ3n) is 6.91. The number of hydrogen-bond acceptors (Lipinski definition) is 7. The Morgan fingerprint density at radius 3 is 3.00 bits per heavy atom. The molecular weight excluding hydrogens is 414 g/mol. The molecule has 2 amide bonds. The van der Waals surface area contributed by atoms with Crippen LogP contribution in [0.4, 0.5) is 0 Å². The number of rotatable bonds is 7. The molecule has 0 aromatic carbocycles. The van der Waals surface area contributed by atoms with E-state index in [-0.39, 0.29) is 29.8 Å². The van der Waals surface area contributed by atoms with Crippen LogP contribution in [0.1, 0.15) is 37.7 Å². The fourth-order valence-corrected chi connectivity index (χ4v) is 6.22. The van der Waals surface area contributed by atoms with E-state index in [2.05, 4.69) is 30.3 Å². The lowest BCUT2D eigenvalue weighted by molar-refractivity contribution is -0.160. The van der Waals surface area contributed by atoms with Crippen LogP contribution < -0.4 is 5.32 Å². The van der Waals surface area contributed by atoms with E-state index in [1.807, 2.05) is 17.3 Å². The van der Waals surface area contributed by atoms with Crippen molar-refractivity contribution in [3.63, 3.8) is 0 Å². The van der Waals surface area contributed by atoms with Crippen molar-refractivity contribution in [3.8, 4) is 0 Å². The Morgan fingerprint density at radius 1 is 1.29 bits per heavy atom. The highest BCUT2D eigenvalue weighted by Gasteiger charge is 2.51. The number of aromatic nitrogens is 4. The van der Waals surface area contributed by atoms with E-state index in [0.29, 0.717) is 25.4 Å². The molecule has 0 aliphatic carbocycles. The second-order valence-corrected chi connectivity index (χ2v) is 9.66. The Kier molecular flexibility index (Phi) is 5.99. The van der Waals surface area contributed by atoms with Gasteiger partial charge in [-0.05, 0) is 48.7 Å². The molecule has 2 aromatic heterocycles. The lowest BCUT2D eigenvalue weighted by Gasteiger charge is -2.55. The molecule has 166 valence electrons. The summed E-state index contributed by atoms with van der Waals surface area (Å²) >= 11 is 1.48. The molecule has 2 aromatic rings. The molecule has 1 N–H and O–H groups in total. The van der Waals surface area contributed by atoms with Crippen LogP contribution in [-0.2, 0) is 22.7 Å². The van der Waals surface area contributed by atoms with Gasteiger partial charge in [0, 0.05) is 68.9 Å². The molecule has 3 saturated heterocycles. The zero-order valence-electron chi connectivity index (χ0n) is 17.6. The zero-order chi connectivity index (χ0) is 21.2. The average molecular weight is 444 g/mol. The van der Waals surface area contributed by atoms with Crippen molar-refractivity contribution >= 4 is 23.3 Å². The van der Waals surface area contributed by atoms with E-state index in [9.17, 15) is 9.59 Å². The smallest absolute Gasteiger partial charge is 0.243 e. The number of carbonyl (C=O) groups is 2. The first-order chi connectivity index (χ1) is 15.2. The minimum atomic E-state index is -0.358. The molecule has 4 atom stereocenters. The molecular formula is C21H29N7O2S. The van der Waals surface area contributed by atoms with Crippen LogP contribution in [0.25, 0.3) is 0 Å². The van der Waals surface area contributed by atoms with Crippen LogP contribution in [0.15, 0.2) is 24.0 Å². The molecule has 0 radical (unpaired) electrons. The summed E-state index contributed by atoms with van der Waals surface area (Å²) in [5.41, 5.74) is 1.23. The number of nitrogens with zero attached hydrogens (tertiary/aromatic N) is 6. The summed E-state index contributed by atoms with van der Waals surface area (Å²) in [5, 5.41) is 13.0. The SMILES string of the molecule is O=C(NCCCn1ccnn1)[C@H]1[C@H]2C[C@H](CN(Cc3cnsc3)C2)[C@@H]2CCCC(=O)N21. The first-order valence-corrected chi connectivity index (χ1v) is 12.1. The van der Waals surface area contributed by atoms with Gasteiger partial charge < -0.3 is 10.2 Å². The van der Waals surface area contributed by atoms with Crippen molar-refractivity contribution in [1.29, 1.82) is 0 Å².